The van der Waals surface area contributed by atoms with Crippen molar-refractivity contribution in [3.8, 4) is 0 Å². The first-order valence-corrected chi connectivity index (χ1v) is 7.94. The minimum absolute atomic E-state index is 0.106. The van der Waals surface area contributed by atoms with Gasteiger partial charge in [-0.3, -0.25) is 4.40 Å². The maximum atomic E-state index is 6.02. The average Bonchev–Trinajstić information content (AvgIpc) is 3.00. The van der Waals surface area contributed by atoms with E-state index in [1.165, 1.54) is 11.3 Å². The number of thiazole rings is 1. The molecule has 2 heterocycles. The van der Waals surface area contributed by atoms with E-state index in [0.717, 1.165) is 22.9 Å². The van der Waals surface area contributed by atoms with Gasteiger partial charge in [-0.05, 0) is 31.5 Å². The van der Waals surface area contributed by atoms with E-state index in [-0.39, 0.29) is 6.04 Å². The number of aryl methyl sites for hydroxylation is 1. The molecular weight excluding hydrogens is 280 g/mol. The van der Waals surface area contributed by atoms with Crippen LogP contribution in [-0.2, 0) is 6.42 Å². The number of fused-ring (bicyclic) bond motifs is 1. The van der Waals surface area contributed by atoms with Crippen LogP contribution < -0.4 is 10.6 Å². The van der Waals surface area contributed by atoms with Crippen LogP contribution in [0.25, 0.3) is 4.96 Å². The molecule has 3 aromatic rings. The standard InChI is InChI=1S/C16H20N4S/c1-11-5-4-6-13(9-11)19(3)15-14(10-12(2)17)20-7-8-21-16(20)18-15/h4-9,12H,10,17H2,1-3H3. The highest BCUT2D eigenvalue weighted by molar-refractivity contribution is 7.15. The minimum atomic E-state index is 0.106. The van der Waals surface area contributed by atoms with E-state index in [1.807, 2.05) is 6.92 Å². The lowest BCUT2D eigenvalue weighted by atomic mass is 10.1. The van der Waals surface area contributed by atoms with Crippen molar-refractivity contribution < 1.29 is 0 Å². The van der Waals surface area contributed by atoms with E-state index in [2.05, 4.69) is 59.1 Å². The summed E-state index contributed by atoms with van der Waals surface area (Å²) in [4.78, 5) is 7.94. The normalized spacial score (nSPS) is 12.8. The molecule has 0 aliphatic rings. The van der Waals surface area contributed by atoms with Gasteiger partial charge in [0.05, 0.1) is 5.69 Å². The second-order valence-electron chi connectivity index (χ2n) is 5.52. The summed E-state index contributed by atoms with van der Waals surface area (Å²) < 4.78 is 2.15. The summed E-state index contributed by atoms with van der Waals surface area (Å²) in [5.41, 5.74) is 9.58. The predicted molar refractivity (Wildman–Crippen MR) is 89.7 cm³/mol. The zero-order valence-electron chi connectivity index (χ0n) is 12.6. The zero-order valence-corrected chi connectivity index (χ0v) is 13.4. The first-order chi connectivity index (χ1) is 10.1. The van der Waals surface area contributed by atoms with Crippen molar-refractivity contribution in [1.29, 1.82) is 0 Å². The average molecular weight is 300 g/mol. The Labute approximate surface area is 128 Å². The molecular formula is C16H20N4S. The van der Waals surface area contributed by atoms with E-state index in [4.69, 9.17) is 10.7 Å². The number of hydrogen-bond donors (Lipinski definition) is 1. The first-order valence-electron chi connectivity index (χ1n) is 7.06. The molecule has 4 nitrogen and oxygen atoms in total. The highest BCUT2D eigenvalue weighted by Gasteiger charge is 2.18. The predicted octanol–water partition coefficient (Wildman–Crippen LogP) is 3.36. The third kappa shape index (κ3) is 2.66. The van der Waals surface area contributed by atoms with Crippen molar-refractivity contribution in [2.45, 2.75) is 26.3 Å². The van der Waals surface area contributed by atoms with Crippen molar-refractivity contribution in [3.63, 3.8) is 0 Å². The molecule has 1 unspecified atom stereocenters. The molecule has 2 N–H and O–H groups in total. The van der Waals surface area contributed by atoms with Gasteiger partial charge in [-0.2, -0.15) is 0 Å². The van der Waals surface area contributed by atoms with Gasteiger partial charge in [0.2, 0.25) is 0 Å². The molecule has 0 saturated carbocycles. The molecule has 0 amide bonds. The maximum Gasteiger partial charge on any atom is 0.195 e. The molecule has 0 spiro atoms. The van der Waals surface area contributed by atoms with Crippen molar-refractivity contribution in [1.82, 2.24) is 9.38 Å². The van der Waals surface area contributed by atoms with E-state index in [1.54, 1.807) is 11.3 Å². The third-order valence-corrected chi connectivity index (χ3v) is 4.32. The monoisotopic (exact) mass is 300 g/mol. The van der Waals surface area contributed by atoms with Gasteiger partial charge in [-0.1, -0.05) is 12.1 Å². The number of aromatic nitrogens is 2. The van der Waals surface area contributed by atoms with Gasteiger partial charge < -0.3 is 10.6 Å². The zero-order chi connectivity index (χ0) is 15.0. The van der Waals surface area contributed by atoms with Crippen LogP contribution in [0.1, 0.15) is 18.2 Å². The Hall–Kier alpha value is -1.85. The molecule has 0 aliphatic heterocycles. The molecule has 0 aliphatic carbocycles. The molecule has 1 atom stereocenters. The van der Waals surface area contributed by atoms with E-state index < -0.39 is 0 Å². The summed E-state index contributed by atoms with van der Waals surface area (Å²) in [6, 6.07) is 8.56. The number of rotatable bonds is 4. The topological polar surface area (TPSA) is 46.6 Å². The summed E-state index contributed by atoms with van der Waals surface area (Å²) in [6.45, 7) is 4.13. The van der Waals surface area contributed by atoms with Crippen LogP contribution in [0.5, 0.6) is 0 Å². The highest BCUT2D eigenvalue weighted by Crippen LogP contribution is 2.30. The van der Waals surface area contributed by atoms with Gasteiger partial charge in [0, 0.05) is 36.8 Å². The van der Waals surface area contributed by atoms with Crippen molar-refractivity contribution in [3.05, 3.63) is 47.1 Å². The lowest BCUT2D eigenvalue weighted by Gasteiger charge is -2.19. The van der Waals surface area contributed by atoms with Gasteiger partial charge >= 0.3 is 0 Å². The molecule has 0 bridgehead atoms. The maximum absolute atomic E-state index is 6.02. The number of benzene rings is 1. The lowest BCUT2D eigenvalue weighted by molar-refractivity contribution is 0.717. The van der Waals surface area contributed by atoms with Gasteiger partial charge in [0.15, 0.2) is 10.8 Å². The second-order valence-corrected chi connectivity index (χ2v) is 6.39. The molecule has 0 saturated heterocycles. The Balaban J connectivity index is 2.08. The molecule has 0 fully saturated rings. The molecule has 2 aromatic heterocycles. The van der Waals surface area contributed by atoms with Crippen molar-refractivity contribution in [2.24, 2.45) is 5.73 Å². The fraction of sp³-hybridized carbons (Fsp3) is 0.312. The first kappa shape index (κ1) is 14.1. The number of nitrogens with two attached hydrogens (primary N) is 1. The van der Waals surface area contributed by atoms with Crippen LogP contribution in [0.15, 0.2) is 35.8 Å². The molecule has 21 heavy (non-hydrogen) atoms. The number of imidazole rings is 1. The summed E-state index contributed by atoms with van der Waals surface area (Å²) in [5.74, 6) is 0.991. The van der Waals surface area contributed by atoms with Crippen molar-refractivity contribution >= 4 is 27.8 Å². The van der Waals surface area contributed by atoms with Crippen molar-refractivity contribution in [2.75, 3.05) is 11.9 Å². The fourth-order valence-electron chi connectivity index (χ4n) is 2.54. The van der Waals surface area contributed by atoms with Crippen LogP contribution in [0.3, 0.4) is 0 Å². The van der Waals surface area contributed by atoms with Crippen LogP contribution in [0, 0.1) is 6.92 Å². The fourth-order valence-corrected chi connectivity index (χ4v) is 3.27. The van der Waals surface area contributed by atoms with Crippen LogP contribution in [0.4, 0.5) is 11.5 Å². The Bertz CT molecular complexity index is 757. The smallest absolute Gasteiger partial charge is 0.195 e. The molecule has 3 rings (SSSR count). The molecule has 5 heteroatoms. The van der Waals surface area contributed by atoms with E-state index in [9.17, 15) is 0 Å². The number of hydrogen-bond acceptors (Lipinski definition) is 4. The highest BCUT2D eigenvalue weighted by atomic mass is 32.1. The lowest BCUT2D eigenvalue weighted by Crippen LogP contribution is -2.21. The molecule has 110 valence electrons. The van der Waals surface area contributed by atoms with Crippen LogP contribution >= 0.6 is 11.3 Å². The Kier molecular flexibility index (Phi) is 3.69. The Morgan fingerprint density at radius 1 is 1.43 bits per heavy atom. The van der Waals surface area contributed by atoms with Crippen LogP contribution in [0.2, 0.25) is 0 Å². The van der Waals surface area contributed by atoms with Gasteiger partial charge in [-0.25, -0.2) is 4.98 Å². The summed E-state index contributed by atoms with van der Waals surface area (Å²) in [7, 11) is 2.06. The van der Waals surface area contributed by atoms with Gasteiger partial charge in [0.25, 0.3) is 0 Å². The van der Waals surface area contributed by atoms with E-state index >= 15 is 0 Å². The number of nitrogens with zero attached hydrogens (tertiary/aromatic N) is 3. The third-order valence-electron chi connectivity index (χ3n) is 3.56. The largest absolute Gasteiger partial charge is 0.328 e. The Morgan fingerprint density at radius 2 is 2.24 bits per heavy atom. The molecule has 0 radical (unpaired) electrons. The van der Waals surface area contributed by atoms with Gasteiger partial charge in [0.1, 0.15) is 0 Å². The molecule has 1 aromatic carbocycles. The minimum Gasteiger partial charge on any atom is -0.328 e. The van der Waals surface area contributed by atoms with E-state index in [0.29, 0.717) is 0 Å². The van der Waals surface area contributed by atoms with Crippen LogP contribution in [-0.4, -0.2) is 22.5 Å². The summed E-state index contributed by atoms with van der Waals surface area (Å²) in [6.07, 6.45) is 2.88. The second kappa shape index (κ2) is 5.50. The quantitative estimate of drug-likeness (QED) is 0.803. The summed E-state index contributed by atoms with van der Waals surface area (Å²) in [5, 5.41) is 2.06. The Morgan fingerprint density at radius 3 is 2.95 bits per heavy atom. The van der Waals surface area contributed by atoms with Gasteiger partial charge in [-0.15, -0.1) is 11.3 Å². The number of anilines is 2. The summed E-state index contributed by atoms with van der Waals surface area (Å²) >= 11 is 1.65. The SMILES string of the molecule is Cc1cccc(N(C)c2nc3sccn3c2CC(C)N)c1.